The Hall–Kier alpha value is -1.84. The lowest BCUT2D eigenvalue weighted by molar-refractivity contribution is -0.142. The molecule has 21 heavy (non-hydrogen) atoms. The Bertz CT molecular complexity index is 477. The molecule has 1 aromatic rings. The van der Waals surface area contributed by atoms with Gasteiger partial charge in [0.25, 0.3) is 0 Å². The highest BCUT2D eigenvalue weighted by molar-refractivity contribution is 5.87. The molecule has 0 bridgehead atoms. The number of benzene rings is 1. The maximum atomic E-state index is 12.2. The van der Waals surface area contributed by atoms with E-state index in [1.165, 1.54) is 0 Å². The molecule has 0 radical (unpaired) electrons. The van der Waals surface area contributed by atoms with Gasteiger partial charge in [0, 0.05) is 0 Å². The molecule has 0 heterocycles. The molecule has 0 fully saturated rings. The summed E-state index contributed by atoms with van der Waals surface area (Å²) in [5, 5.41) is 11.9. The summed E-state index contributed by atoms with van der Waals surface area (Å²) in [7, 11) is 0. The Balaban J connectivity index is 2.66. The Morgan fingerprint density at radius 2 is 1.76 bits per heavy atom. The number of carboxylic acid groups (broad SMARTS) is 1. The van der Waals surface area contributed by atoms with Crippen LogP contribution in [-0.4, -0.2) is 23.0 Å². The van der Waals surface area contributed by atoms with Crippen LogP contribution in [0.25, 0.3) is 0 Å². The number of carboxylic acids is 1. The van der Waals surface area contributed by atoms with E-state index in [-0.39, 0.29) is 17.2 Å². The third kappa shape index (κ3) is 5.98. The van der Waals surface area contributed by atoms with E-state index < -0.39 is 12.0 Å². The summed E-state index contributed by atoms with van der Waals surface area (Å²) in [5.41, 5.74) is 0.929. The maximum Gasteiger partial charge on any atom is 0.326 e. The van der Waals surface area contributed by atoms with Crippen LogP contribution in [0.2, 0.25) is 0 Å². The molecule has 2 N–H and O–H groups in total. The highest BCUT2D eigenvalue weighted by Crippen LogP contribution is 2.22. The number of carbonyl (C=O) groups is 2. The zero-order valence-corrected chi connectivity index (χ0v) is 13.2. The average molecular weight is 291 g/mol. The van der Waals surface area contributed by atoms with Gasteiger partial charge >= 0.3 is 5.97 Å². The van der Waals surface area contributed by atoms with Crippen LogP contribution >= 0.6 is 0 Å². The third-order valence-corrected chi connectivity index (χ3v) is 3.49. The van der Waals surface area contributed by atoms with E-state index in [1.54, 1.807) is 6.92 Å². The lowest BCUT2D eigenvalue weighted by Gasteiger charge is -2.22. The molecule has 1 unspecified atom stereocenters. The van der Waals surface area contributed by atoms with E-state index in [0.717, 1.165) is 12.0 Å². The Morgan fingerprint density at radius 1 is 1.19 bits per heavy atom. The molecular weight excluding hydrogens is 266 g/mol. The fourth-order valence-electron chi connectivity index (χ4n) is 2.02. The minimum absolute atomic E-state index is 0.0451. The predicted molar refractivity (Wildman–Crippen MR) is 83.1 cm³/mol. The van der Waals surface area contributed by atoms with E-state index >= 15 is 0 Å². The summed E-state index contributed by atoms with van der Waals surface area (Å²) >= 11 is 0. The van der Waals surface area contributed by atoms with Crippen LogP contribution in [0.15, 0.2) is 30.3 Å². The molecule has 1 aromatic carbocycles. The minimum atomic E-state index is -0.979. The number of carbonyl (C=O) groups excluding carboxylic acids is 1. The van der Waals surface area contributed by atoms with Gasteiger partial charge in [0.05, 0.1) is 5.92 Å². The molecule has 1 rings (SSSR count). The van der Waals surface area contributed by atoms with Gasteiger partial charge in [0.15, 0.2) is 0 Å². The topological polar surface area (TPSA) is 66.4 Å². The fraction of sp³-hybridized carbons (Fsp3) is 0.529. The van der Waals surface area contributed by atoms with Gasteiger partial charge in [-0.25, -0.2) is 4.79 Å². The van der Waals surface area contributed by atoms with Crippen LogP contribution in [0.3, 0.4) is 0 Å². The predicted octanol–water partition coefficient (Wildman–Crippen LogP) is 3.19. The Kier molecular flexibility index (Phi) is 5.94. The van der Waals surface area contributed by atoms with Crippen molar-refractivity contribution in [2.75, 3.05) is 0 Å². The zero-order chi connectivity index (χ0) is 16.0. The molecular formula is C17H25NO3. The molecule has 4 nitrogen and oxygen atoms in total. The standard InChI is InChI=1S/C17H25NO3/c1-12(13-8-6-5-7-9-13)15(19)18-14(16(20)21)10-11-17(2,3)4/h5-9,12,14H,10-11H2,1-4H3,(H,18,19)(H,20,21)/t12-,14?/m1/s1. The van der Waals surface area contributed by atoms with Crippen molar-refractivity contribution in [3.8, 4) is 0 Å². The Morgan fingerprint density at radius 3 is 2.24 bits per heavy atom. The summed E-state index contributed by atoms with van der Waals surface area (Å²) in [6.45, 7) is 7.95. The van der Waals surface area contributed by atoms with Gasteiger partial charge < -0.3 is 10.4 Å². The van der Waals surface area contributed by atoms with Crippen LogP contribution in [0.4, 0.5) is 0 Å². The number of hydrogen-bond donors (Lipinski definition) is 2. The number of amides is 1. The molecule has 0 aliphatic heterocycles. The van der Waals surface area contributed by atoms with Gasteiger partial charge in [0.2, 0.25) is 5.91 Å². The summed E-state index contributed by atoms with van der Waals surface area (Å²) in [6, 6.07) is 8.53. The van der Waals surface area contributed by atoms with E-state index in [0.29, 0.717) is 6.42 Å². The molecule has 2 atom stereocenters. The fourth-order valence-corrected chi connectivity index (χ4v) is 2.02. The van der Waals surface area contributed by atoms with Crippen LogP contribution in [0.1, 0.15) is 52.0 Å². The van der Waals surface area contributed by atoms with E-state index in [9.17, 15) is 14.7 Å². The van der Waals surface area contributed by atoms with Crippen LogP contribution < -0.4 is 5.32 Å². The summed E-state index contributed by atoms with van der Waals surface area (Å²) < 4.78 is 0. The molecule has 0 saturated heterocycles. The largest absolute Gasteiger partial charge is 0.480 e. The van der Waals surface area contributed by atoms with Crippen LogP contribution in [0, 0.1) is 5.41 Å². The first kappa shape index (κ1) is 17.2. The number of aliphatic carboxylic acids is 1. The molecule has 0 aliphatic carbocycles. The van der Waals surface area contributed by atoms with Crippen molar-refractivity contribution in [1.29, 1.82) is 0 Å². The lowest BCUT2D eigenvalue weighted by atomic mass is 9.88. The smallest absolute Gasteiger partial charge is 0.326 e. The first-order valence-electron chi connectivity index (χ1n) is 7.29. The third-order valence-electron chi connectivity index (χ3n) is 3.49. The highest BCUT2D eigenvalue weighted by atomic mass is 16.4. The molecule has 0 aliphatic rings. The summed E-state index contributed by atoms with van der Waals surface area (Å²) in [6.07, 6.45) is 1.18. The van der Waals surface area contributed by atoms with Crippen LogP contribution in [-0.2, 0) is 9.59 Å². The SMILES string of the molecule is C[C@@H](C(=O)NC(CCC(C)(C)C)C(=O)O)c1ccccc1. The first-order chi connectivity index (χ1) is 9.70. The molecule has 4 heteroatoms. The monoisotopic (exact) mass is 291 g/mol. The van der Waals surface area contributed by atoms with Crippen molar-refractivity contribution in [2.24, 2.45) is 5.41 Å². The number of rotatable bonds is 6. The molecule has 0 aromatic heterocycles. The second-order valence-corrected chi connectivity index (χ2v) is 6.63. The van der Waals surface area contributed by atoms with E-state index in [4.69, 9.17) is 0 Å². The van der Waals surface area contributed by atoms with Crippen molar-refractivity contribution in [2.45, 2.75) is 52.5 Å². The van der Waals surface area contributed by atoms with Crippen molar-refractivity contribution in [1.82, 2.24) is 5.32 Å². The first-order valence-corrected chi connectivity index (χ1v) is 7.29. The second kappa shape index (κ2) is 7.25. The van der Waals surface area contributed by atoms with Crippen molar-refractivity contribution >= 4 is 11.9 Å². The van der Waals surface area contributed by atoms with Gasteiger partial charge in [-0.1, -0.05) is 51.1 Å². The van der Waals surface area contributed by atoms with Crippen molar-refractivity contribution in [3.63, 3.8) is 0 Å². The van der Waals surface area contributed by atoms with Crippen molar-refractivity contribution < 1.29 is 14.7 Å². The van der Waals surface area contributed by atoms with E-state index in [2.05, 4.69) is 26.1 Å². The average Bonchev–Trinajstić information content (AvgIpc) is 2.42. The van der Waals surface area contributed by atoms with Gasteiger partial charge in [-0.3, -0.25) is 4.79 Å². The normalized spacial score (nSPS) is 14.3. The quantitative estimate of drug-likeness (QED) is 0.846. The molecule has 0 saturated carbocycles. The van der Waals surface area contributed by atoms with Crippen LogP contribution in [0.5, 0.6) is 0 Å². The highest BCUT2D eigenvalue weighted by Gasteiger charge is 2.25. The van der Waals surface area contributed by atoms with Gasteiger partial charge in [0.1, 0.15) is 6.04 Å². The van der Waals surface area contributed by atoms with Gasteiger partial charge in [-0.15, -0.1) is 0 Å². The van der Waals surface area contributed by atoms with Crippen molar-refractivity contribution in [3.05, 3.63) is 35.9 Å². The molecule has 116 valence electrons. The zero-order valence-electron chi connectivity index (χ0n) is 13.2. The van der Waals surface area contributed by atoms with Gasteiger partial charge in [-0.2, -0.15) is 0 Å². The Labute approximate surface area is 126 Å². The summed E-state index contributed by atoms with van der Waals surface area (Å²) in [4.78, 5) is 23.5. The molecule has 1 amide bonds. The van der Waals surface area contributed by atoms with E-state index in [1.807, 2.05) is 30.3 Å². The maximum absolute atomic E-state index is 12.2. The summed E-state index contributed by atoms with van der Waals surface area (Å²) in [5.74, 6) is -1.59. The second-order valence-electron chi connectivity index (χ2n) is 6.63. The lowest BCUT2D eigenvalue weighted by Crippen LogP contribution is -2.43. The number of hydrogen-bond acceptors (Lipinski definition) is 2. The minimum Gasteiger partial charge on any atom is -0.480 e. The molecule has 0 spiro atoms. The van der Waals surface area contributed by atoms with Gasteiger partial charge in [-0.05, 0) is 30.7 Å². The number of nitrogens with one attached hydrogen (secondary N) is 1.